The van der Waals surface area contributed by atoms with Crippen molar-refractivity contribution in [2.24, 2.45) is 7.05 Å². The summed E-state index contributed by atoms with van der Waals surface area (Å²) in [5.41, 5.74) is 1.03. The molecule has 0 radical (unpaired) electrons. The molecule has 1 aromatic heterocycles. The molecule has 16 heavy (non-hydrogen) atoms. The van der Waals surface area contributed by atoms with Gasteiger partial charge in [0.2, 0.25) is 0 Å². The first kappa shape index (κ1) is 12.7. The molecule has 0 fully saturated rings. The lowest BCUT2D eigenvalue weighted by Crippen LogP contribution is -2.30. The normalized spacial score (nSPS) is 13.0. The number of carboxylic acids is 1. The monoisotopic (exact) mass is 227 g/mol. The zero-order valence-corrected chi connectivity index (χ0v) is 9.50. The Kier molecular flexibility index (Phi) is 4.45. The SMILES string of the molecule is CN(Cc1cnn(C)c1)CC(O)CC(=O)O. The van der Waals surface area contributed by atoms with Crippen molar-refractivity contribution in [3.63, 3.8) is 0 Å². The summed E-state index contributed by atoms with van der Waals surface area (Å²) < 4.78 is 1.71. The first-order valence-electron chi connectivity index (χ1n) is 5.03. The Bertz CT molecular complexity index is 351. The first-order chi connectivity index (χ1) is 7.47. The number of aromatic nitrogens is 2. The van der Waals surface area contributed by atoms with E-state index >= 15 is 0 Å². The Balaban J connectivity index is 2.35. The van der Waals surface area contributed by atoms with Gasteiger partial charge < -0.3 is 10.2 Å². The molecular formula is C10H17N3O3. The fraction of sp³-hybridized carbons (Fsp3) is 0.600. The van der Waals surface area contributed by atoms with Gasteiger partial charge in [-0.1, -0.05) is 0 Å². The van der Waals surface area contributed by atoms with Crippen molar-refractivity contribution in [1.29, 1.82) is 0 Å². The Morgan fingerprint density at radius 2 is 2.38 bits per heavy atom. The first-order valence-corrected chi connectivity index (χ1v) is 5.03. The molecule has 2 N–H and O–H groups in total. The summed E-state index contributed by atoms with van der Waals surface area (Å²) in [7, 11) is 3.67. The maximum absolute atomic E-state index is 10.4. The van der Waals surface area contributed by atoms with Gasteiger partial charge in [0.1, 0.15) is 0 Å². The molecule has 0 aromatic carbocycles. The summed E-state index contributed by atoms with van der Waals surface area (Å²) >= 11 is 0. The van der Waals surface area contributed by atoms with E-state index in [-0.39, 0.29) is 6.42 Å². The number of carboxylic acid groups (broad SMARTS) is 1. The van der Waals surface area contributed by atoms with Crippen LogP contribution in [0.5, 0.6) is 0 Å². The van der Waals surface area contributed by atoms with Crippen molar-refractivity contribution in [3.05, 3.63) is 18.0 Å². The van der Waals surface area contributed by atoms with Gasteiger partial charge in [-0.05, 0) is 7.05 Å². The number of nitrogens with zero attached hydrogens (tertiary/aromatic N) is 3. The van der Waals surface area contributed by atoms with E-state index in [0.717, 1.165) is 5.56 Å². The summed E-state index contributed by atoms with van der Waals surface area (Å²) in [5, 5.41) is 22.0. The van der Waals surface area contributed by atoms with E-state index in [9.17, 15) is 9.90 Å². The number of aliphatic hydroxyl groups is 1. The zero-order valence-electron chi connectivity index (χ0n) is 9.50. The second kappa shape index (κ2) is 5.62. The molecule has 1 unspecified atom stereocenters. The highest BCUT2D eigenvalue weighted by atomic mass is 16.4. The molecule has 90 valence electrons. The molecule has 1 heterocycles. The van der Waals surface area contributed by atoms with Gasteiger partial charge in [0, 0.05) is 31.9 Å². The van der Waals surface area contributed by atoms with Crippen molar-refractivity contribution in [2.45, 2.75) is 19.1 Å². The number of aliphatic carboxylic acids is 1. The smallest absolute Gasteiger partial charge is 0.306 e. The van der Waals surface area contributed by atoms with E-state index < -0.39 is 12.1 Å². The number of hydrogen-bond acceptors (Lipinski definition) is 4. The van der Waals surface area contributed by atoms with E-state index in [0.29, 0.717) is 13.1 Å². The molecule has 0 saturated carbocycles. The third-order valence-corrected chi connectivity index (χ3v) is 2.14. The van der Waals surface area contributed by atoms with Crippen molar-refractivity contribution < 1.29 is 15.0 Å². The molecule has 0 aliphatic rings. The lowest BCUT2D eigenvalue weighted by Gasteiger charge is -2.18. The summed E-state index contributed by atoms with van der Waals surface area (Å²) in [6.45, 7) is 0.978. The predicted octanol–water partition coefficient (Wildman–Crippen LogP) is -0.313. The topological polar surface area (TPSA) is 78.6 Å². The number of aliphatic hydroxyl groups excluding tert-OH is 1. The van der Waals surface area contributed by atoms with Gasteiger partial charge in [-0.3, -0.25) is 14.4 Å². The highest BCUT2D eigenvalue weighted by Crippen LogP contribution is 2.03. The molecule has 0 aliphatic carbocycles. The second-order valence-electron chi connectivity index (χ2n) is 3.97. The lowest BCUT2D eigenvalue weighted by atomic mass is 10.2. The Hall–Kier alpha value is -1.40. The fourth-order valence-electron chi connectivity index (χ4n) is 1.56. The molecule has 6 heteroatoms. The summed E-state index contributed by atoms with van der Waals surface area (Å²) in [6.07, 6.45) is 2.58. The van der Waals surface area contributed by atoms with Crippen molar-refractivity contribution in [2.75, 3.05) is 13.6 Å². The molecule has 1 rings (SSSR count). The lowest BCUT2D eigenvalue weighted by molar-refractivity contribution is -0.139. The standard InChI is InChI=1S/C10H17N3O3/c1-12(7-9(14)3-10(15)16)5-8-4-11-13(2)6-8/h4,6,9,14H,3,5,7H2,1-2H3,(H,15,16). The second-order valence-corrected chi connectivity index (χ2v) is 3.97. The number of carbonyl (C=O) groups is 1. The third kappa shape index (κ3) is 4.41. The minimum absolute atomic E-state index is 0.225. The van der Waals surface area contributed by atoms with Crippen LogP contribution in [-0.2, 0) is 18.4 Å². The summed E-state index contributed by atoms with van der Waals surface area (Å²) in [6, 6.07) is 0. The molecule has 0 spiro atoms. The quantitative estimate of drug-likeness (QED) is 0.697. The highest BCUT2D eigenvalue weighted by molar-refractivity contribution is 5.67. The molecule has 1 atom stereocenters. The van der Waals surface area contributed by atoms with E-state index in [2.05, 4.69) is 5.10 Å². The van der Waals surface area contributed by atoms with Crippen LogP contribution in [0, 0.1) is 0 Å². The third-order valence-electron chi connectivity index (χ3n) is 2.14. The Morgan fingerprint density at radius 1 is 1.69 bits per heavy atom. The highest BCUT2D eigenvalue weighted by Gasteiger charge is 2.12. The average Bonchev–Trinajstić information content (AvgIpc) is 2.48. The van der Waals surface area contributed by atoms with Gasteiger partial charge in [-0.2, -0.15) is 5.10 Å². The van der Waals surface area contributed by atoms with Gasteiger partial charge in [0.25, 0.3) is 0 Å². The minimum Gasteiger partial charge on any atom is -0.481 e. The molecule has 0 saturated heterocycles. The number of likely N-dealkylation sites (N-methyl/N-ethyl adjacent to an activating group) is 1. The summed E-state index contributed by atoms with van der Waals surface area (Å²) in [5.74, 6) is -0.984. The van der Waals surface area contributed by atoms with Crippen molar-refractivity contribution in [3.8, 4) is 0 Å². The summed E-state index contributed by atoms with van der Waals surface area (Å²) in [4.78, 5) is 12.2. The van der Waals surface area contributed by atoms with Crippen molar-refractivity contribution >= 4 is 5.97 Å². The van der Waals surface area contributed by atoms with Crippen LogP contribution in [0.2, 0.25) is 0 Å². The van der Waals surface area contributed by atoms with Gasteiger partial charge in [-0.15, -0.1) is 0 Å². The molecule has 0 aliphatic heterocycles. The molecule has 0 bridgehead atoms. The number of rotatable bonds is 6. The average molecular weight is 227 g/mol. The van der Waals surface area contributed by atoms with E-state index in [4.69, 9.17) is 5.11 Å². The van der Waals surface area contributed by atoms with Crippen LogP contribution in [0.3, 0.4) is 0 Å². The molecular weight excluding hydrogens is 210 g/mol. The Labute approximate surface area is 94.1 Å². The van der Waals surface area contributed by atoms with Gasteiger partial charge in [0.05, 0.1) is 18.7 Å². The predicted molar refractivity (Wildman–Crippen MR) is 57.8 cm³/mol. The van der Waals surface area contributed by atoms with Gasteiger partial charge in [-0.25, -0.2) is 0 Å². The largest absolute Gasteiger partial charge is 0.481 e. The molecule has 1 aromatic rings. The Morgan fingerprint density at radius 3 is 2.88 bits per heavy atom. The minimum atomic E-state index is -0.984. The van der Waals surface area contributed by atoms with Gasteiger partial charge >= 0.3 is 5.97 Å². The van der Waals surface area contributed by atoms with Crippen LogP contribution in [0.4, 0.5) is 0 Å². The van der Waals surface area contributed by atoms with E-state index in [1.807, 2.05) is 25.2 Å². The van der Waals surface area contributed by atoms with Crippen LogP contribution >= 0.6 is 0 Å². The van der Waals surface area contributed by atoms with Gasteiger partial charge in [0.15, 0.2) is 0 Å². The van der Waals surface area contributed by atoms with Crippen LogP contribution in [0.1, 0.15) is 12.0 Å². The van der Waals surface area contributed by atoms with Crippen LogP contribution < -0.4 is 0 Å². The van der Waals surface area contributed by atoms with Crippen LogP contribution in [0.15, 0.2) is 12.4 Å². The maximum atomic E-state index is 10.4. The molecule has 0 amide bonds. The molecule has 6 nitrogen and oxygen atoms in total. The zero-order chi connectivity index (χ0) is 12.1. The van der Waals surface area contributed by atoms with Crippen molar-refractivity contribution in [1.82, 2.24) is 14.7 Å². The number of hydrogen-bond donors (Lipinski definition) is 2. The van der Waals surface area contributed by atoms with Crippen LogP contribution in [0.25, 0.3) is 0 Å². The van der Waals surface area contributed by atoms with E-state index in [1.165, 1.54) is 0 Å². The fourth-order valence-corrected chi connectivity index (χ4v) is 1.56. The number of aryl methyl sites for hydroxylation is 1. The van der Waals surface area contributed by atoms with E-state index in [1.54, 1.807) is 10.9 Å². The maximum Gasteiger partial charge on any atom is 0.306 e. The van der Waals surface area contributed by atoms with Crippen LogP contribution in [-0.4, -0.2) is 50.6 Å².